The molecule has 1 heterocycles. The third-order valence-electron chi connectivity index (χ3n) is 3.93. The number of thiazole rings is 1. The monoisotopic (exact) mass is 304 g/mol. The number of carbonyl (C=O) groups excluding carboxylic acids is 1. The van der Waals surface area contributed by atoms with Crippen LogP contribution in [0.15, 0.2) is 18.2 Å². The molecular weight excluding hydrogens is 288 g/mol. The summed E-state index contributed by atoms with van der Waals surface area (Å²) in [6.45, 7) is 2.02. The van der Waals surface area contributed by atoms with Crippen LogP contribution in [0.5, 0.6) is 0 Å². The highest BCUT2D eigenvalue weighted by Crippen LogP contribution is 2.33. The highest BCUT2D eigenvalue weighted by atomic mass is 32.1. The molecular formula is C15H16N2O3S. The number of nitrogens with zero attached hydrogens (tertiary/aromatic N) is 1. The van der Waals surface area contributed by atoms with E-state index in [9.17, 15) is 9.59 Å². The Bertz CT molecular complexity index is 710. The van der Waals surface area contributed by atoms with Crippen LogP contribution in [0.3, 0.4) is 0 Å². The molecule has 6 heteroatoms. The second kappa shape index (κ2) is 5.44. The molecule has 5 nitrogen and oxygen atoms in total. The molecule has 0 spiro atoms. The maximum absolute atomic E-state index is 12.2. The van der Waals surface area contributed by atoms with Crippen LogP contribution in [0.2, 0.25) is 0 Å². The molecule has 0 radical (unpaired) electrons. The molecule has 1 aliphatic rings. The Kier molecular flexibility index (Phi) is 3.63. The van der Waals surface area contributed by atoms with Crippen LogP contribution in [0.1, 0.15) is 24.8 Å². The zero-order valence-corrected chi connectivity index (χ0v) is 12.4. The van der Waals surface area contributed by atoms with E-state index in [2.05, 4.69) is 10.3 Å². The lowest BCUT2D eigenvalue weighted by Crippen LogP contribution is -2.21. The van der Waals surface area contributed by atoms with Gasteiger partial charge in [-0.05, 0) is 43.9 Å². The average molecular weight is 304 g/mol. The Morgan fingerprint density at radius 2 is 2.10 bits per heavy atom. The first kappa shape index (κ1) is 14.0. The number of aliphatic carboxylic acids is 1. The Balaban J connectivity index is 1.70. The fourth-order valence-electron chi connectivity index (χ4n) is 2.74. The SMILES string of the molecule is Cc1ccc2nc(NC(=O)[C@H]3CC[C@H](C(=O)O)C3)sc2c1. The summed E-state index contributed by atoms with van der Waals surface area (Å²) in [5, 5.41) is 12.4. The third-order valence-corrected chi connectivity index (χ3v) is 4.86. The number of nitrogens with one attached hydrogen (secondary N) is 1. The molecule has 0 saturated heterocycles. The number of amides is 1. The van der Waals surface area contributed by atoms with Crippen molar-refractivity contribution in [3.8, 4) is 0 Å². The van der Waals surface area contributed by atoms with E-state index in [0.29, 0.717) is 24.4 Å². The summed E-state index contributed by atoms with van der Waals surface area (Å²) in [4.78, 5) is 27.5. The molecule has 1 aromatic carbocycles. The van der Waals surface area contributed by atoms with E-state index in [1.165, 1.54) is 11.3 Å². The van der Waals surface area contributed by atoms with Gasteiger partial charge < -0.3 is 10.4 Å². The number of benzene rings is 1. The van der Waals surface area contributed by atoms with Gasteiger partial charge in [0.2, 0.25) is 5.91 Å². The van der Waals surface area contributed by atoms with Crippen LogP contribution in [0.25, 0.3) is 10.2 Å². The van der Waals surface area contributed by atoms with Crippen molar-refractivity contribution in [2.75, 3.05) is 5.32 Å². The number of aromatic nitrogens is 1. The lowest BCUT2D eigenvalue weighted by Gasteiger charge is -2.08. The third kappa shape index (κ3) is 2.90. The zero-order chi connectivity index (χ0) is 15.0. The first-order valence-corrected chi connectivity index (χ1v) is 7.75. The molecule has 2 aromatic rings. The number of aryl methyl sites for hydroxylation is 1. The molecule has 2 atom stereocenters. The fourth-order valence-corrected chi connectivity index (χ4v) is 3.70. The van der Waals surface area contributed by atoms with Crippen molar-refractivity contribution in [1.29, 1.82) is 0 Å². The van der Waals surface area contributed by atoms with Gasteiger partial charge in [-0.3, -0.25) is 9.59 Å². The van der Waals surface area contributed by atoms with Crippen molar-refractivity contribution < 1.29 is 14.7 Å². The van der Waals surface area contributed by atoms with Gasteiger partial charge in [-0.1, -0.05) is 17.4 Å². The molecule has 21 heavy (non-hydrogen) atoms. The Morgan fingerprint density at radius 3 is 2.81 bits per heavy atom. The van der Waals surface area contributed by atoms with E-state index in [4.69, 9.17) is 5.11 Å². The molecule has 1 fully saturated rings. The van der Waals surface area contributed by atoms with Crippen LogP contribution in [0.4, 0.5) is 5.13 Å². The molecule has 0 aliphatic heterocycles. The minimum atomic E-state index is -0.805. The van der Waals surface area contributed by atoms with Crippen molar-refractivity contribution in [2.45, 2.75) is 26.2 Å². The van der Waals surface area contributed by atoms with Crippen molar-refractivity contribution in [1.82, 2.24) is 4.98 Å². The number of hydrogen-bond donors (Lipinski definition) is 2. The van der Waals surface area contributed by atoms with E-state index < -0.39 is 11.9 Å². The second-order valence-electron chi connectivity index (χ2n) is 5.52. The van der Waals surface area contributed by atoms with E-state index in [1.807, 2.05) is 25.1 Å². The largest absolute Gasteiger partial charge is 0.481 e. The minimum Gasteiger partial charge on any atom is -0.481 e. The van der Waals surface area contributed by atoms with Gasteiger partial charge in [0.1, 0.15) is 0 Å². The number of fused-ring (bicyclic) bond motifs is 1. The summed E-state index contributed by atoms with van der Waals surface area (Å²) in [7, 11) is 0. The summed E-state index contributed by atoms with van der Waals surface area (Å²) in [6.07, 6.45) is 1.63. The van der Waals surface area contributed by atoms with Gasteiger partial charge >= 0.3 is 5.97 Å². The van der Waals surface area contributed by atoms with Gasteiger partial charge in [0, 0.05) is 5.92 Å². The van der Waals surface area contributed by atoms with Crippen molar-refractivity contribution in [2.24, 2.45) is 11.8 Å². The summed E-state index contributed by atoms with van der Waals surface area (Å²) < 4.78 is 1.04. The first-order valence-electron chi connectivity index (χ1n) is 6.94. The molecule has 1 saturated carbocycles. The Morgan fingerprint density at radius 1 is 1.33 bits per heavy atom. The molecule has 3 rings (SSSR count). The number of hydrogen-bond acceptors (Lipinski definition) is 4. The molecule has 1 aromatic heterocycles. The van der Waals surface area contributed by atoms with Gasteiger partial charge in [0.15, 0.2) is 5.13 Å². The van der Waals surface area contributed by atoms with E-state index in [-0.39, 0.29) is 11.8 Å². The molecule has 0 bridgehead atoms. The minimum absolute atomic E-state index is 0.116. The fraction of sp³-hybridized carbons (Fsp3) is 0.400. The van der Waals surface area contributed by atoms with Gasteiger partial charge in [0.05, 0.1) is 16.1 Å². The van der Waals surface area contributed by atoms with Crippen LogP contribution in [-0.2, 0) is 9.59 Å². The van der Waals surface area contributed by atoms with E-state index in [0.717, 1.165) is 15.8 Å². The quantitative estimate of drug-likeness (QED) is 0.913. The van der Waals surface area contributed by atoms with Gasteiger partial charge in [-0.25, -0.2) is 4.98 Å². The highest BCUT2D eigenvalue weighted by molar-refractivity contribution is 7.22. The maximum atomic E-state index is 12.2. The second-order valence-corrected chi connectivity index (χ2v) is 6.56. The Labute approximate surface area is 126 Å². The zero-order valence-electron chi connectivity index (χ0n) is 11.6. The normalized spacial score (nSPS) is 21.6. The van der Waals surface area contributed by atoms with Crippen LogP contribution >= 0.6 is 11.3 Å². The molecule has 1 aliphatic carbocycles. The van der Waals surface area contributed by atoms with Gasteiger partial charge in [0.25, 0.3) is 0 Å². The number of carboxylic acids is 1. The lowest BCUT2D eigenvalue weighted by molar-refractivity contribution is -0.141. The molecule has 2 N–H and O–H groups in total. The average Bonchev–Trinajstić information content (AvgIpc) is 3.03. The summed E-state index contributed by atoms with van der Waals surface area (Å²) in [6, 6.07) is 5.97. The smallest absolute Gasteiger partial charge is 0.306 e. The predicted octanol–water partition coefficient (Wildman–Crippen LogP) is 3.04. The van der Waals surface area contributed by atoms with Crippen molar-refractivity contribution in [3.05, 3.63) is 23.8 Å². The lowest BCUT2D eigenvalue weighted by atomic mass is 10.0. The predicted molar refractivity (Wildman–Crippen MR) is 81.5 cm³/mol. The van der Waals surface area contributed by atoms with E-state index >= 15 is 0 Å². The topological polar surface area (TPSA) is 79.3 Å². The van der Waals surface area contributed by atoms with Crippen LogP contribution in [-0.4, -0.2) is 22.0 Å². The van der Waals surface area contributed by atoms with Gasteiger partial charge in [-0.2, -0.15) is 0 Å². The molecule has 1 amide bonds. The van der Waals surface area contributed by atoms with E-state index in [1.54, 1.807) is 0 Å². The maximum Gasteiger partial charge on any atom is 0.306 e. The van der Waals surface area contributed by atoms with Crippen molar-refractivity contribution >= 4 is 38.6 Å². The first-order chi connectivity index (χ1) is 10.0. The van der Waals surface area contributed by atoms with Crippen LogP contribution in [0, 0.1) is 18.8 Å². The van der Waals surface area contributed by atoms with Crippen molar-refractivity contribution in [3.63, 3.8) is 0 Å². The van der Waals surface area contributed by atoms with Crippen LogP contribution < -0.4 is 5.32 Å². The summed E-state index contributed by atoms with van der Waals surface area (Å²) >= 11 is 1.45. The summed E-state index contributed by atoms with van der Waals surface area (Å²) in [5.41, 5.74) is 2.03. The number of anilines is 1. The summed E-state index contributed by atoms with van der Waals surface area (Å²) in [5.74, 6) is -1.53. The number of carboxylic acid groups (broad SMARTS) is 1. The number of rotatable bonds is 3. The Hall–Kier alpha value is -1.95. The highest BCUT2D eigenvalue weighted by Gasteiger charge is 2.34. The molecule has 110 valence electrons. The van der Waals surface area contributed by atoms with Gasteiger partial charge in [-0.15, -0.1) is 0 Å². The number of carbonyl (C=O) groups is 2. The molecule has 0 unspecified atom stereocenters. The standard InChI is InChI=1S/C15H16N2O3S/c1-8-2-5-11-12(6-8)21-15(16-11)17-13(18)9-3-4-10(7-9)14(19)20/h2,5-6,9-10H,3-4,7H2,1H3,(H,19,20)(H,16,17,18)/t9-,10-/m0/s1.